The Kier molecular flexibility index (Phi) is 2.73. The smallest absolute Gasteiger partial charge is 0.233 e. The molecule has 0 bridgehead atoms. The van der Waals surface area contributed by atoms with Crippen molar-refractivity contribution in [1.82, 2.24) is 10.2 Å². The number of ether oxygens (including phenoxy) is 1. The molecule has 0 aliphatic rings. The first-order valence-electron chi connectivity index (χ1n) is 4.27. The van der Waals surface area contributed by atoms with Gasteiger partial charge in [-0.2, -0.15) is 0 Å². The lowest BCUT2D eigenvalue weighted by atomic mass is 10.2. The normalized spacial score (nSPS) is 9.93. The van der Waals surface area contributed by atoms with Crippen molar-refractivity contribution < 1.29 is 9.53 Å². The van der Waals surface area contributed by atoms with Gasteiger partial charge in [-0.05, 0) is 17.5 Å². The van der Waals surface area contributed by atoms with Crippen LogP contribution in [0.5, 0.6) is 5.88 Å². The summed E-state index contributed by atoms with van der Waals surface area (Å²) in [5.74, 6) is 0.290. The average Bonchev–Trinajstić information content (AvgIpc) is 2.82. The van der Waals surface area contributed by atoms with Gasteiger partial charge in [-0.15, -0.1) is 21.5 Å². The Morgan fingerprint density at radius 3 is 2.73 bits per heavy atom. The molecule has 0 aliphatic heterocycles. The number of carbonyl (C=O) groups is 1. The van der Waals surface area contributed by atoms with E-state index in [-0.39, 0.29) is 5.78 Å². The topological polar surface area (TPSA) is 52.1 Å². The highest BCUT2D eigenvalue weighted by Gasteiger charge is 2.11. The number of hydrogen-bond donors (Lipinski definition) is 0. The number of ketones is 1. The number of aromatic nitrogens is 2. The van der Waals surface area contributed by atoms with Crippen molar-refractivity contribution in [2.75, 3.05) is 7.11 Å². The number of methoxy groups -OCH3 is 1. The minimum absolute atomic E-state index is 0.111. The van der Waals surface area contributed by atoms with E-state index in [2.05, 4.69) is 10.2 Å². The van der Waals surface area contributed by atoms with E-state index < -0.39 is 0 Å². The average molecular weight is 220 g/mol. The standard InChI is InChI=1S/C10H8N2O2S/c1-14-9-5-4-7(11-12-9)10(13)8-3-2-6-15-8/h2-6H,1H3. The first-order chi connectivity index (χ1) is 7.31. The predicted molar refractivity (Wildman–Crippen MR) is 56.3 cm³/mol. The summed E-state index contributed by atoms with van der Waals surface area (Å²) in [4.78, 5) is 12.4. The Hall–Kier alpha value is -1.75. The SMILES string of the molecule is COc1ccc(C(=O)c2cccs2)nn1. The number of carbonyl (C=O) groups excluding carboxylic acids is 1. The second kappa shape index (κ2) is 4.18. The summed E-state index contributed by atoms with van der Waals surface area (Å²) in [5.41, 5.74) is 0.332. The molecule has 0 fully saturated rings. The number of hydrogen-bond acceptors (Lipinski definition) is 5. The summed E-state index contributed by atoms with van der Waals surface area (Å²) in [6.07, 6.45) is 0. The van der Waals surface area contributed by atoms with Crippen LogP contribution in [0.15, 0.2) is 29.6 Å². The Labute approximate surface area is 90.5 Å². The minimum Gasteiger partial charge on any atom is -0.480 e. The zero-order valence-electron chi connectivity index (χ0n) is 8.01. The van der Waals surface area contributed by atoms with Crippen molar-refractivity contribution in [1.29, 1.82) is 0 Å². The summed E-state index contributed by atoms with van der Waals surface area (Å²) < 4.78 is 4.86. The van der Waals surface area contributed by atoms with E-state index in [9.17, 15) is 4.79 Å². The maximum atomic E-state index is 11.8. The summed E-state index contributed by atoms with van der Waals surface area (Å²) in [7, 11) is 1.50. The molecule has 0 saturated carbocycles. The molecule has 5 heteroatoms. The van der Waals surface area contributed by atoms with Crippen LogP contribution >= 0.6 is 11.3 Å². The molecule has 0 unspecified atom stereocenters. The molecule has 76 valence electrons. The molecular formula is C10H8N2O2S. The molecule has 2 aromatic heterocycles. The fourth-order valence-corrected chi connectivity index (χ4v) is 1.76. The van der Waals surface area contributed by atoms with Crippen LogP contribution in [0, 0.1) is 0 Å². The van der Waals surface area contributed by atoms with Gasteiger partial charge < -0.3 is 4.74 Å². The van der Waals surface area contributed by atoms with Crippen LogP contribution in [0.25, 0.3) is 0 Å². The van der Waals surface area contributed by atoms with Gasteiger partial charge in [0.15, 0.2) is 0 Å². The van der Waals surface area contributed by atoms with Gasteiger partial charge in [-0.1, -0.05) is 6.07 Å². The monoisotopic (exact) mass is 220 g/mol. The lowest BCUT2D eigenvalue weighted by Gasteiger charge is -1.98. The van der Waals surface area contributed by atoms with Gasteiger partial charge in [0.05, 0.1) is 12.0 Å². The van der Waals surface area contributed by atoms with Gasteiger partial charge in [0.25, 0.3) is 0 Å². The molecule has 2 heterocycles. The molecule has 0 N–H and O–H groups in total. The number of thiophene rings is 1. The minimum atomic E-state index is -0.111. The second-order valence-electron chi connectivity index (χ2n) is 2.77. The summed E-state index contributed by atoms with van der Waals surface area (Å²) in [5, 5.41) is 9.38. The maximum Gasteiger partial charge on any atom is 0.233 e. The third kappa shape index (κ3) is 2.02. The quantitative estimate of drug-likeness (QED) is 0.740. The van der Waals surface area contributed by atoms with Crippen LogP contribution < -0.4 is 4.74 Å². The molecule has 15 heavy (non-hydrogen) atoms. The molecule has 0 aromatic carbocycles. The van der Waals surface area contributed by atoms with Gasteiger partial charge in [0.1, 0.15) is 5.69 Å². The largest absolute Gasteiger partial charge is 0.480 e. The van der Waals surface area contributed by atoms with E-state index in [1.54, 1.807) is 18.2 Å². The van der Waals surface area contributed by atoms with Crippen molar-refractivity contribution in [3.63, 3.8) is 0 Å². The second-order valence-corrected chi connectivity index (χ2v) is 3.72. The lowest BCUT2D eigenvalue weighted by Crippen LogP contribution is -2.03. The molecule has 2 aromatic rings. The number of nitrogens with zero attached hydrogens (tertiary/aromatic N) is 2. The van der Waals surface area contributed by atoms with E-state index in [0.29, 0.717) is 16.5 Å². The first-order valence-corrected chi connectivity index (χ1v) is 5.15. The third-order valence-electron chi connectivity index (χ3n) is 1.83. The van der Waals surface area contributed by atoms with E-state index in [0.717, 1.165) is 0 Å². The third-order valence-corrected chi connectivity index (χ3v) is 2.70. The van der Waals surface area contributed by atoms with Crippen molar-refractivity contribution in [2.24, 2.45) is 0 Å². The van der Waals surface area contributed by atoms with Crippen LogP contribution in [0.2, 0.25) is 0 Å². The van der Waals surface area contributed by atoms with Crippen molar-refractivity contribution >= 4 is 17.1 Å². The van der Waals surface area contributed by atoms with Gasteiger partial charge >= 0.3 is 0 Å². The summed E-state index contributed by atoms with van der Waals surface area (Å²) >= 11 is 1.39. The Balaban J connectivity index is 2.27. The molecule has 0 amide bonds. The van der Waals surface area contributed by atoms with Crippen molar-refractivity contribution in [3.8, 4) is 5.88 Å². The van der Waals surface area contributed by atoms with Gasteiger partial charge in [-0.3, -0.25) is 4.79 Å². The maximum absolute atomic E-state index is 11.8. The van der Waals surface area contributed by atoms with Gasteiger partial charge in [-0.25, -0.2) is 0 Å². The van der Waals surface area contributed by atoms with E-state index >= 15 is 0 Å². The lowest BCUT2D eigenvalue weighted by molar-refractivity contribution is 0.103. The van der Waals surface area contributed by atoms with E-state index in [4.69, 9.17) is 4.74 Å². The molecular weight excluding hydrogens is 212 g/mol. The van der Waals surface area contributed by atoms with Crippen molar-refractivity contribution in [2.45, 2.75) is 0 Å². The first kappa shape index (κ1) is 9.79. The zero-order chi connectivity index (χ0) is 10.7. The molecule has 0 atom stereocenters. The highest BCUT2D eigenvalue weighted by Crippen LogP contribution is 2.14. The van der Waals surface area contributed by atoms with Crippen LogP contribution in [0.4, 0.5) is 0 Å². The molecule has 0 spiro atoms. The zero-order valence-corrected chi connectivity index (χ0v) is 8.82. The Morgan fingerprint density at radius 1 is 1.33 bits per heavy atom. The molecule has 0 saturated heterocycles. The summed E-state index contributed by atoms with van der Waals surface area (Å²) in [6, 6.07) is 6.81. The van der Waals surface area contributed by atoms with Crippen LogP contribution in [-0.4, -0.2) is 23.1 Å². The molecule has 2 rings (SSSR count). The van der Waals surface area contributed by atoms with Gasteiger partial charge in [0.2, 0.25) is 11.7 Å². The number of rotatable bonds is 3. The predicted octanol–water partition coefficient (Wildman–Crippen LogP) is 1.78. The Morgan fingerprint density at radius 2 is 2.20 bits per heavy atom. The Bertz CT molecular complexity index is 451. The van der Waals surface area contributed by atoms with Crippen molar-refractivity contribution in [3.05, 3.63) is 40.2 Å². The van der Waals surface area contributed by atoms with Crippen LogP contribution in [-0.2, 0) is 0 Å². The van der Waals surface area contributed by atoms with E-state index in [1.165, 1.54) is 18.4 Å². The fourth-order valence-electron chi connectivity index (χ4n) is 1.08. The molecule has 4 nitrogen and oxygen atoms in total. The van der Waals surface area contributed by atoms with E-state index in [1.807, 2.05) is 11.4 Å². The molecule has 0 radical (unpaired) electrons. The highest BCUT2D eigenvalue weighted by molar-refractivity contribution is 7.12. The van der Waals surface area contributed by atoms with Crippen LogP contribution in [0.1, 0.15) is 15.4 Å². The fraction of sp³-hybridized carbons (Fsp3) is 0.100. The highest BCUT2D eigenvalue weighted by atomic mass is 32.1. The van der Waals surface area contributed by atoms with Crippen LogP contribution in [0.3, 0.4) is 0 Å². The molecule has 0 aliphatic carbocycles. The summed E-state index contributed by atoms with van der Waals surface area (Å²) in [6.45, 7) is 0. The van der Waals surface area contributed by atoms with Gasteiger partial charge in [0, 0.05) is 6.07 Å².